The van der Waals surface area contributed by atoms with Crippen molar-refractivity contribution in [2.75, 3.05) is 32.8 Å². The first kappa shape index (κ1) is 22.5. The molecule has 0 unspecified atom stereocenters. The molecule has 0 bridgehead atoms. The molecular weight excluding hydrogens is 416 g/mol. The zero-order chi connectivity index (χ0) is 23.0. The largest absolute Gasteiger partial charge is 0.479 e. The average Bonchev–Trinajstić information content (AvgIpc) is 3.13. The van der Waals surface area contributed by atoms with Gasteiger partial charge in [0.15, 0.2) is 11.9 Å². The van der Waals surface area contributed by atoms with E-state index in [1.807, 2.05) is 24.3 Å². The van der Waals surface area contributed by atoms with Crippen LogP contribution < -0.4 is 9.64 Å². The molecule has 2 aliphatic heterocycles. The van der Waals surface area contributed by atoms with Crippen LogP contribution in [0.2, 0.25) is 0 Å². The molecule has 2 aromatic rings. The van der Waals surface area contributed by atoms with Crippen LogP contribution in [0.15, 0.2) is 42.5 Å². The Hall–Kier alpha value is -2.72. The Bertz CT molecular complexity index is 996. The summed E-state index contributed by atoms with van der Waals surface area (Å²) in [6.45, 7) is 2.15. The van der Waals surface area contributed by atoms with Gasteiger partial charge in [-0.1, -0.05) is 18.2 Å². The van der Waals surface area contributed by atoms with Gasteiger partial charge in [0.05, 0.1) is 23.6 Å². The van der Waals surface area contributed by atoms with Crippen LogP contribution >= 0.6 is 0 Å². The molecule has 0 saturated carbocycles. The van der Waals surface area contributed by atoms with Gasteiger partial charge in [-0.05, 0) is 31.0 Å². The quantitative estimate of drug-likeness (QED) is 0.395. The van der Waals surface area contributed by atoms with E-state index in [0.29, 0.717) is 17.9 Å². The van der Waals surface area contributed by atoms with Crippen molar-refractivity contribution in [1.82, 2.24) is 0 Å². The predicted octanol–water partition coefficient (Wildman–Crippen LogP) is 2.84. The molecular formula is C23H28N2O7. The molecule has 4 rings (SSSR count). The van der Waals surface area contributed by atoms with Crippen molar-refractivity contribution >= 4 is 11.4 Å². The molecule has 0 amide bonds. The van der Waals surface area contributed by atoms with Gasteiger partial charge in [-0.3, -0.25) is 10.1 Å². The lowest BCUT2D eigenvalue weighted by atomic mass is 9.83. The van der Waals surface area contributed by atoms with E-state index in [1.54, 1.807) is 20.1 Å². The van der Waals surface area contributed by atoms with Crippen molar-refractivity contribution in [2.24, 2.45) is 0 Å². The van der Waals surface area contributed by atoms with Crippen LogP contribution in [-0.2, 0) is 20.6 Å². The first-order valence-corrected chi connectivity index (χ1v) is 10.4. The number of ether oxygens (including phenoxy) is 4. The molecule has 0 radical (unpaired) electrons. The van der Waals surface area contributed by atoms with Crippen molar-refractivity contribution < 1.29 is 29.0 Å². The van der Waals surface area contributed by atoms with Crippen LogP contribution in [0.5, 0.6) is 5.75 Å². The molecule has 172 valence electrons. The van der Waals surface area contributed by atoms with Gasteiger partial charge in [0.25, 0.3) is 5.69 Å². The molecule has 0 aromatic heterocycles. The number of nitro groups is 1. The van der Waals surface area contributed by atoms with E-state index in [2.05, 4.69) is 4.90 Å². The Morgan fingerprint density at radius 2 is 1.97 bits per heavy atom. The number of benzene rings is 2. The van der Waals surface area contributed by atoms with Gasteiger partial charge in [-0.2, -0.15) is 0 Å². The normalized spacial score (nSPS) is 26.6. The Morgan fingerprint density at radius 1 is 1.25 bits per heavy atom. The van der Waals surface area contributed by atoms with Gasteiger partial charge >= 0.3 is 0 Å². The molecule has 9 heteroatoms. The molecule has 4 atom stereocenters. The third kappa shape index (κ3) is 3.51. The number of nitrogens with zero attached hydrogens (tertiary/aromatic N) is 2. The van der Waals surface area contributed by atoms with Gasteiger partial charge in [0, 0.05) is 44.7 Å². The summed E-state index contributed by atoms with van der Waals surface area (Å²) in [7, 11) is 4.60. The molecule has 1 N–H and O–H groups in total. The summed E-state index contributed by atoms with van der Waals surface area (Å²) >= 11 is 0. The van der Waals surface area contributed by atoms with E-state index < -0.39 is 29.0 Å². The number of fused-ring (bicyclic) bond motifs is 2. The molecule has 0 saturated heterocycles. The summed E-state index contributed by atoms with van der Waals surface area (Å²) in [5.74, 6) is 0.438. The molecule has 0 aliphatic carbocycles. The Labute approximate surface area is 186 Å². The second-order valence-corrected chi connectivity index (χ2v) is 8.31. The van der Waals surface area contributed by atoms with Gasteiger partial charge in [-0.15, -0.1) is 0 Å². The third-order valence-corrected chi connectivity index (χ3v) is 6.41. The highest BCUT2D eigenvalue weighted by Crippen LogP contribution is 2.50. The third-order valence-electron chi connectivity index (χ3n) is 6.41. The van der Waals surface area contributed by atoms with E-state index in [0.717, 1.165) is 17.7 Å². The van der Waals surface area contributed by atoms with Crippen LogP contribution in [0.4, 0.5) is 11.4 Å². The number of rotatable bonds is 7. The van der Waals surface area contributed by atoms with Crippen LogP contribution in [0, 0.1) is 10.1 Å². The van der Waals surface area contributed by atoms with Gasteiger partial charge in [0.1, 0.15) is 11.9 Å². The maximum atomic E-state index is 11.7. The van der Waals surface area contributed by atoms with Crippen molar-refractivity contribution in [1.29, 1.82) is 0 Å². The lowest BCUT2D eigenvalue weighted by Gasteiger charge is -2.50. The highest BCUT2D eigenvalue weighted by molar-refractivity contribution is 5.63. The summed E-state index contributed by atoms with van der Waals surface area (Å²) in [5.41, 5.74) is 1.27. The number of non-ortho nitro benzene ring substituents is 1. The number of aliphatic hydroxyl groups is 1. The van der Waals surface area contributed by atoms with Crippen molar-refractivity contribution in [2.45, 2.75) is 43.4 Å². The fourth-order valence-corrected chi connectivity index (χ4v) is 5.00. The predicted molar refractivity (Wildman–Crippen MR) is 117 cm³/mol. The van der Waals surface area contributed by atoms with E-state index in [1.165, 1.54) is 26.4 Å². The first-order valence-electron chi connectivity index (χ1n) is 10.4. The number of nitro benzene ring substituents is 1. The molecule has 32 heavy (non-hydrogen) atoms. The van der Waals surface area contributed by atoms with E-state index in [-0.39, 0.29) is 11.7 Å². The monoisotopic (exact) mass is 444 g/mol. The number of hydrogen-bond donors (Lipinski definition) is 1. The van der Waals surface area contributed by atoms with Crippen molar-refractivity contribution in [3.63, 3.8) is 0 Å². The zero-order valence-electron chi connectivity index (χ0n) is 18.6. The highest BCUT2D eigenvalue weighted by Gasteiger charge is 2.55. The Balaban J connectivity index is 1.92. The second kappa shape index (κ2) is 8.67. The minimum atomic E-state index is -1.27. The Morgan fingerprint density at radius 3 is 2.62 bits per heavy atom. The van der Waals surface area contributed by atoms with Crippen LogP contribution in [-0.4, -0.2) is 62.0 Å². The molecule has 0 fully saturated rings. The van der Waals surface area contributed by atoms with Crippen LogP contribution in [0.3, 0.4) is 0 Å². The molecule has 0 spiro atoms. The van der Waals surface area contributed by atoms with Crippen LogP contribution in [0.25, 0.3) is 0 Å². The van der Waals surface area contributed by atoms with Crippen molar-refractivity contribution in [3.8, 4) is 5.75 Å². The number of hydrogen-bond acceptors (Lipinski definition) is 8. The number of aliphatic hydroxyl groups excluding tert-OH is 1. The topological polar surface area (TPSA) is 104 Å². The maximum absolute atomic E-state index is 11.7. The minimum Gasteiger partial charge on any atom is -0.479 e. The summed E-state index contributed by atoms with van der Waals surface area (Å²) in [6, 6.07) is 11.7. The average molecular weight is 444 g/mol. The lowest BCUT2D eigenvalue weighted by Crippen LogP contribution is -2.63. The molecule has 2 aromatic carbocycles. The van der Waals surface area contributed by atoms with E-state index in [9.17, 15) is 15.2 Å². The summed E-state index contributed by atoms with van der Waals surface area (Å²) in [6.07, 6.45) is -1.28. The first-order chi connectivity index (χ1) is 15.3. The van der Waals surface area contributed by atoms with Crippen LogP contribution in [0.1, 0.15) is 24.1 Å². The smallest absolute Gasteiger partial charge is 0.270 e. The SMILES string of the molecule is COC[C@@H]1Cc2ccccc2N1[C@H]1c2cc([N+](=O)[O-])ccc2O[C@](C)(C(OC)OC)[C@@H]1O. The number of anilines is 1. The summed E-state index contributed by atoms with van der Waals surface area (Å²) < 4.78 is 22.7. The minimum absolute atomic E-state index is 0.0704. The lowest BCUT2D eigenvalue weighted by molar-refractivity contribution is -0.385. The van der Waals surface area contributed by atoms with Crippen molar-refractivity contribution in [3.05, 3.63) is 63.7 Å². The second-order valence-electron chi connectivity index (χ2n) is 8.31. The van der Waals surface area contributed by atoms with Gasteiger partial charge in [0.2, 0.25) is 0 Å². The fraction of sp³-hybridized carbons (Fsp3) is 0.478. The molecule has 2 aliphatic rings. The van der Waals surface area contributed by atoms with Gasteiger partial charge in [-0.25, -0.2) is 0 Å². The maximum Gasteiger partial charge on any atom is 0.270 e. The highest BCUT2D eigenvalue weighted by atomic mass is 16.7. The summed E-state index contributed by atoms with van der Waals surface area (Å²) in [5, 5.41) is 23.2. The molecule has 2 heterocycles. The summed E-state index contributed by atoms with van der Waals surface area (Å²) in [4.78, 5) is 13.2. The number of para-hydroxylation sites is 1. The standard InChI is InChI=1S/C23H28N2O7/c1-23(22(30-3)31-4)21(26)20(17-12-15(25(27)28)9-10-19(17)32-23)24-16(13-29-2)11-14-7-5-6-8-18(14)24/h5-10,12,16,20-22,26H,11,13H2,1-4H3/t16-,20-,21+,23-/m0/s1. The number of methoxy groups -OCH3 is 3. The molecule has 9 nitrogen and oxygen atoms in total. The Kier molecular flexibility index (Phi) is 6.09. The van der Waals surface area contributed by atoms with Gasteiger partial charge < -0.3 is 29.0 Å². The zero-order valence-corrected chi connectivity index (χ0v) is 18.6. The van der Waals surface area contributed by atoms with E-state index >= 15 is 0 Å². The van der Waals surface area contributed by atoms with E-state index in [4.69, 9.17) is 18.9 Å². The fourth-order valence-electron chi connectivity index (χ4n) is 5.00.